The first-order valence-corrected chi connectivity index (χ1v) is 23.3. The summed E-state index contributed by atoms with van der Waals surface area (Å²) in [6.07, 6.45) is 3.65. The van der Waals surface area contributed by atoms with E-state index in [0.29, 0.717) is 33.9 Å². The van der Waals surface area contributed by atoms with Gasteiger partial charge >= 0.3 is 0 Å². The fraction of sp³-hybridized carbons (Fsp3) is 0.0909. The highest BCUT2D eigenvalue weighted by atomic mass is 16.5. The largest absolute Gasteiger partial charge is 0.496 e. The monoisotopic (exact) mass is 904 g/mol. The molecule has 4 nitrogen and oxygen atoms in total. The molecule has 0 N–H and O–H groups in total. The number of rotatable bonds is 12. The van der Waals surface area contributed by atoms with Gasteiger partial charge in [0.25, 0.3) is 0 Å². The van der Waals surface area contributed by atoms with Crippen LogP contribution in [0.5, 0.6) is 11.5 Å². The second-order valence-electron chi connectivity index (χ2n) is 17.9. The third-order valence-corrected chi connectivity index (χ3v) is 12.9. The molecule has 0 saturated carbocycles. The zero-order valence-electron chi connectivity index (χ0n) is 40.3. The van der Waals surface area contributed by atoms with Gasteiger partial charge in [0.2, 0.25) is 0 Å². The number of aryl methyl sites for hydroxylation is 4. The molecule has 0 aromatic heterocycles. The van der Waals surface area contributed by atoms with E-state index in [0.717, 1.165) is 77.9 Å². The van der Waals surface area contributed by atoms with E-state index in [-0.39, 0.29) is 0 Å². The SMILES string of the molecule is [C-]#[N+]C(=Cc1cc(OC)c(C=C(C#N)c2ccc(-c3cc(-c4ccc(C)cc4)cc(-c4ccc(C)cc4)c3)cc2)cc1OC)c1ccc(-c2cc(-c3ccc(C)cc3)cc(-c3ccc(C)cc3)c2)cc1. The Bertz CT molecular complexity index is 3130. The van der Waals surface area contributed by atoms with Crippen molar-refractivity contribution in [3.8, 4) is 84.3 Å². The van der Waals surface area contributed by atoms with E-state index in [1.54, 1.807) is 14.2 Å². The number of hydrogen-bond acceptors (Lipinski definition) is 3. The maximum absolute atomic E-state index is 10.5. The molecule has 0 spiro atoms. The van der Waals surface area contributed by atoms with Gasteiger partial charge in [-0.2, -0.15) is 5.26 Å². The molecule has 4 heteroatoms. The van der Waals surface area contributed by atoms with Gasteiger partial charge < -0.3 is 9.47 Å². The maximum Gasteiger partial charge on any atom is 0.195 e. The molecule has 338 valence electrons. The number of nitrogens with zero attached hydrogens (tertiary/aromatic N) is 2. The number of hydrogen-bond donors (Lipinski definition) is 0. The first kappa shape index (κ1) is 46.2. The van der Waals surface area contributed by atoms with Crippen LogP contribution in [0.25, 0.3) is 95.0 Å². The topological polar surface area (TPSA) is 46.6 Å². The lowest BCUT2D eigenvalue weighted by Gasteiger charge is -2.13. The smallest absolute Gasteiger partial charge is 0.195 e. The zero-order valence-corrected chi connectivity index (χ0v) is 40.3. The molecule has 70 heavy (non-hydrogen) atoms. The van der Waals surface area contributed by atoms with Crippen LogP contribution in [0.15, 0.2) is 194 Å². The van der Waals surface area contributed by atoms with Gasteiger partial charge in [-0.15, -0.1) is 0 Å². The Morgan fingerprint density at radius 3 is 0.929 bits per heavy atom. The van der Waals surface area contributed by atoms with Crippen molar-refractivity contribution in [1.29, 1.82) is 5.26 Å². The van der Waals surface area contributed by atoms with E-state index < -0.39 is 0 Å². The lowest BCUT2D eigenvalue weighted by Crippen LogP contribution is -1.94. The molecule has 0 atom stereocenters. The lowest BCUT2D eigenvalue weighted by atomic mass is 9.92. The van der Waals surface area contributed by atoms with Gasteiger partial charge in [-0.3, -0.25) is 0 Å². The molecule has 0 fully saturated rings. The van der Waals surface area contributed by atoms with Crippen LogP contribution in [-0.2, 0) is 0 Å². The number of ether oxygens (including phenoxy) is 2. The van der Waals surface area contributed by atoms with Gasteiger partial charge in [-0.05, 0) is 166 Å². The Hall–Kier alpha value is -8.96. The molecule has 0 aliphatic carbocycles. The second-order valence-corrected chi connectivity index (χ2v) is 17.9. The van der Waals surface area contributed by atoms with E-state index in [9.17, 15) is 5.26 Å². The normalized spacial score (nSPS) is 11.4. The number of nitriles is 1. The maximum atomic E-state index is 10.5. The zero-order chi connectivity index (χ0) is 48.7. The summed E-state index contributed by atoms with van der Waals surface area (Å²) >= 11 is 0. The molecule has 9 aromatic carbocycles. The lowest BCUT2D eigenvalue weighted by molar-refractivity contribution is 0.401. The minimum atomic E-state index is 0.456. The minimum absolute atomic E-state index is 0.456. The van der Waals surface area contributed by atoms with Crippen molar-refractivity contribution in [3.05, 3.63) is 250 Å². The average Bonchev–Trinajstić information content (AvgIpc) is 3.40. The van der Waals surface area contributed by atoms with Gasteiger partial charge in [-0.25, -0.2) is 4.85 Å². The van der Waals surface area contributed by atoms with Crippen molar-refractivity contribution in [2.75, 3.05) is 14.2 Å². The molecule has 9 rings (SSSR count). The number of benzene rings is 9. The van der Waals surface area contributed by atoms with Crippen molar-refractivity contribution in [2.45, 2.75) is 27.7 Å². The van der Waals surface area contributed by atoms with Crippen molar-refractivity contribution in [2.24, 2.45) is 0 Å². The van der Waals surface area contributed by atoms with Crippen molar-refractivity contribution < 1.29 is 9.47 Å². The Kier molecular flexibility index (Phi) is 13.5. The molecular weight excluding hydrogens is 853 g/mol. The van der Waals surface area contributed by atoms with Crippen molar-refractivity contribution in [3.63, 3.8) is 0 Å². The summed E-state index contributed by atoms with van der Waals surface area (Å²) in [4.78, 5) is 3.97. The van der Waals surface area contributed by atoms with Gasteiger partial charge in [0, 0.05) is 11.1 Å². The first-order valence-electron chi connectivity index (χ1n) is 23.3. The predicted molar refractivity (Wildman–Crippen MR) is 292 cm³/mol. The quantitative estimate of drug-likeness (QED) is 0.0697. The fourth-order valence-electron chi connectivity index (χ4n) is 8.75. The van der Waals surface area contributed by atoms with Gasteiger partial charge in [0.15, 0.2) is 5.70 Å². The van der Waals surface area contributed by atoms with Crippen LogP contribution in [0.1, 0.15) is 44.5 Å². The fourth-order valence-corrected chi connectivity index (χ4v) is 8.75. The van der Waals surface area contributed by atoms with E-state index in [1.165, 1.54) is 22.3 Å². The Morgan fingerprint density at radius 1 is 0.386 bits per heavy atom. The van der Waals surface area contributed by atoms with E-state index in [4.69, 9.17) is 16.0 Å². The molecule has 0 saturated heterocycles. The first-order chi connectivity index (χ1) is 34.1. The van der Waals surface area contributed by atoms with Crippen LogP contribution in [0.4, 0.5) is 0 Å². The molecular formula is C66H52N2O2. The molecule has 0 aliphatic rings. The molecule has 0 heterocycles. The average molecular weight is 905 g/mol. The summed E-state index contributed by atoms with van der Waals surface area (Å²) in [5.41, 5.74) is 22.2. The van der Waals surface area contributed by atoms with Crippen LogP contribution in [0.3, 0.4) is 0 Å². The number of allylic oxidation sites excluding steroid dienone is 1. The van der Waals surface area contributed by atoms with Gasteiger partial charge in [0.05, 0.1) is 32.4 Å². The predicted octanol–water partition coefficient (Wildman–Crippen LogP) is 17.4. The summed E-state index contributed by atoms with van der Waals surface area (Å²) in [5.74, 6) is 1.09. The minimum Gasteiger partial charge on any atom is -0.496 e. The summed E-state index contributed by atoms with van der Waals surface area (Å²) in [6.45, 7) is 16.7. The summed E-state index contributed by atoms with van der Waals surface area (Å²) < 4.78 is 11.8. The highest BCUT2D eigenvalue weighted by Crippen LogP contribution is 2.38. The Balaban J connectivity index is 1.00. The Labute approximate surface area is 412 Å². The van der Waals surface area contributed by atoms with Gasteiger partial charge in [0.1, 0.15) is 11.5 Å². The van der Waals surface area contributed by atoms with Crippen LogP contribution in [0.2, 0.25) is 0 Å². The summed E-state index contributed by atoms with van der Waals surface area (Å²) in [7, 11) is 3.21. The molecule has 0 radical (unpaired) electrons. The Morgan fingerprint density at radius 2 is 0.657 bits per heavy atom. The number of methoxy groups -OCH3 is 2. The highest BCUT2D eigenvalue weighted by Gasteiger charge is 2.15. The molecule has 0 unspecified atom stereocenters. The second kappa shape index (κ2) is 20.5. The highest BCUT2D eigenvalue weighted by molar-refractivity contribution is 5.93. The van der Waals surface area contributed by atoms with Crippen molar-refractivity contribution in [1.82, 2.24) is 0 Å². The van der Waals surface area contributed by atoms with E-state index >= 15 is 0 Å². The standard InChI is InChI=1S/C66H52N2O2/c1-43-8-16-47(17-9-43)55-32-56(48-18-10-44(2)11-19-48)35-59(34-55)51-24-26-53(27-25-51)63(42-67)38-61-40-66(70-7)62(41-65(61)69-6)39-64(68-5)54-30-28-52(29-31-54)60-36-57(49-20-12-45(3)13-21-49)33-58(37-60)50-22-14-46(4)15-23-50/h8-41H,1-4,6-7H3. The van der Waals surface area contributed by atoms with E-state index in [2.05, 4.69) is 196 Å². The molecule has 9 aromatic rings. The molecule has 0 amide bonds. The molecule has 0 bridgehead atoms. The van der Waals surface area contributed by atoms with Gasteiger partial charge in [-0.1, -0.05) is 168 Å². The summed E-state index contributed by atoms with van der Waals surface area (Å²) in [5, 5.41) is 10.5. The third-order valence-electron chi connectivity index (χ3n) is 12.9. The molecule has 0 aliphatic heterocycles. The van der Waals surface area contributed by atoms with Crippen molar-refractivity contribution >= 4 is 23.4 Å². The van der Waals surface area contributed by atoms with Crippen LogP contribution in [-0.4, -0.2) is 14.2 Å². The summed E-state index contributed by atoms with van der Waals surface area (Å²) in [6, 6.07) is 70.4. The third kappa shape index (κ3) is 10.3. The van der Waals surface area contributed by atoms with E-state index in [1.807, 2.05) is 48.6 Å². The van der Waals surface area contributed by atoms with Crippen LogP contribution in [0, 0.1) is 45.6 Å². The van der Waals surface area contributed by atoms with Crippen LogP contribution < -0.4 is 9.47 Å². The van der Waals surface area contributed by atoms with Crippen LogP contribution >= 0.6 is 0 Å².